The first kappa shape index (κ1) is 22.5. The van der Waals surface area contributed by atoms with E-state index in [2.05, 4.69) is 25.1 Å². The Kier molecular flexibility index (Phi) is 4.84. The van der Waals surface area contributed by atoms with Gasteiger partial charge in [0.05, 0.1) is 28.4 Å². The molecule has 2 atom stereocenters. The molecular weight excluding hydrogens is 506 g/mol. The average Bonchev–Trinajstić information content (AvgIpc) is 3.44. The van der Waals surface area contributed by atoms with E-state index in [0.717, 1.165) is 5.56 Å². The number of benzene rings is 1. The van der Waals surface area contributed by atoms with Gasteiger partial charge in [0.25, 0.3) is 5.56 Å². The molecule has 184 valence electrons. The highest BCUT2D eigenvalue weighted by Gasteiger charge is 2.42. The van der Waals surface area contributed by atoms with Crippen LogP contribution in [0, 0.1) is 5.95 Å². The molecule has 0 unspecified atom stereocenters. The van der Waals surface area contributed by atoms with Gasteiger partial charge in [-0.3, -0.25) is 14.5 Å². The topological polar surface area (TPSA) is 114 Å². The van der Waals surface area contributed by atoms with E-state index >= 15 is 0 Å². The lowest BCUT2D eigenvalue weighted by Gasteiger charge is -2.09. The predicted molar refractivity (Wildman–Crippen MR) is 121 cm³/mol. The van der Waals surface area contributed by atoms with Gasteiger partial charge in [0.1, 0.15) is 6.54 Å². The van der Waals surface area contributed by atoms with Crippen LogP contribution in [-0.4, -0.2) is 40.5 Å². The van der Waals surface area contributed by atoms with Crippen LogP contribution in [0.3, 0.4) is 0 Å². The van der Waals surface area contributed by atoms with Crippen LogP contribution in [0.25, 0.3) is 27.8 Å². The lowest BCUT2D eigenvalue weighted by atomic mass is 10.0. The van der Waals surface area contributed by atoms with E-state index in [9.17, 15) is 27.2 Å². The molecule has 0 bridgehead atoms. The number of hydrogen-bond donors (Lipinski definition) is 2. The zero-order chi connectivity index (χ0) is 25.4. The molecule has 0 aliphatic heterocycles. The average molecular weight is 520 g/mol. The van der Waals surface area contributed by atoms with Gasteiger partial charge in [0.2, 0.25) is 5.95 Å². The number of rotatable bonds is 4. The molecule has 1 saturated carbocycles. The van der Waals surface area contributed by atoms with Gasteiger partial charge in [0, 0.05) is 11.8 Å². The minimum Gasteiger partial charge on any atom is -0.313 e. The minimum absolute atomic E-state index is 0.00567. The predicted octanol–water partition coefficient (Wildman–Crippen LogP) is 3.75. The number of hydrogen-bond acceptors (Lipinski definition) is 5. The fourth-order valence-corrected chi connectivity index (χ4v) is 4.72. The van der Waals surface area contributed by atoms with Gasteiger partial charge in [-0.05, 0) is 42.0 Å². The minimum atomic E-state index is -4.55. The van der Waals surface area contributed by atoms with Gasteiger partial charge >= 0.3 is 11.9 Å². The summed E-state index contributed by atoms with van der Waals surface area (Å²) >= 11 is 6.24. The molecule has 4 heterocycles. The van der Waals surface area contributed by atoms with Crippen LogP contribution in [0.1, 0.15) is 29.4 Å². The highest BCUT2D eigenvalue weighted by Crippen LogP contribution is 2.56. The van der Waals surface area contributed by atoms with Crippen LogP contribution in [-0.2, 0) is 6.54 Å². The lowest BCUT2D eigenvalue weighted by molar-refractivity contribution is -0.142. The van der Waals surface area contributed by atoms with Crippen molar-refractivity contribution in [2.75, 3.05) is 0 Å². The van der Waals surface area contributed by atoms with Crippen molar-refractivity contribution in [1.29, 1.82) is 0 Å². The maximum Gasteiger partial charge on any atom is 0.408 e. The molecule has 2 N–H and O–H groups in total. The lowest BCUT2D eigenvalue weighted by Crippen LogP contribution is -2.23. The maximum atomic E-state index is 14.1. The Morgan fingerprint density at radius 1 is 1.14 bits per heavy atom. The number of halogens is 5. The Morgan fingerprint density at radius 2 is 1.94 bits per heavy atom. The van der Waals surface area contributed by atoms with Gasteiger partial charge in [0.15, 0.2) is 10.8 Å². The van der Waals surface area contributed by atoms with E-state index in [1.54, 1.807) is 12.1 Å². The van der Waals surface area contributed by atoms with Crippen LogP contribution in [0.15, 0.2) is 46.2 Å². The van der Waals surface area contributed by atoms with Crippen LogP contribution in [0.5, 0.6) is 0 Å². The normalized spacial score (nSPS) is 17.8. The number of alkyl halides is 3. The van der Waals surface area contributed by atoms with Gasteiger partial charge in [-0.25, -0.2) is 14.3 Å². The molecule has 0 amide bonds. The molecule has 9 nitrogen and oxygen atoms in total. The van der Waals surface area contributed by atoms with Crippen molar-refractivity contribution < 1.29 is 17.6 Å². The zero-order valence-electron chi connectivity index (χ0n) is 18.0. The number of aromatic amines is 2. The summed E-state index contributed by atoms with van der Waals surface area (Å²) in [6, 6.07) is 6.29. The molecule has 0 saturated heterocycles. The molecule has 4 aromatic heterocycles. The number of nitrogens with zero attached hydrogens (tertiary/aromatic N) is 5. The molecule has 1 aliphatic carbocycles. The first-order valence-corrected chi connectivity index (χ1v) is 11.1. The summed E-state index contributed by atoms with van der Waals surface area (Å²) in [5.41, 5.74) is 1.03. The van der Waals surface area contributed by atoms with Crippen molar-refractivity contribution in [3.8, 4) is 11.3 Å². The molecule has 0 radical (unpaired) electrons. The summed E-state index contributed by atoms with van der Waals surface area (Å²) in [6.45, 7) is -1.40. The number of H-pyrrole nitrogens is 2. The van der Waals surface area contributed by atoms with Crippen molar-refractivity contribution in [1.82, 2.24) is 34.3 Å². The molecule has 1 fully saturated rings. The van der Waals surface area contributed by atoms with Crippen LogP contribution >= 0.6 is 11.6 Å². The Balaban J connectivity index is 1.42. The Morgan fingerprint density at radius 3 is 2.69 bits per heavy atom. The van der Waals surface area contributed by atoms with Gasteiger partial charge < -0.3 is 4.98 Å². The standard InChI is InChI=1S/C22H14ClF4N7O2/c23-17-7-28-19-13(5-15(31-34(17)19)14-6-29-21(36)30-20(14)35)12-4-11(12)9-1-2-10-16(3-9)33(32-18(10)24)8-22(25,26)27/h1-3,5-7,11-12H,4,8H2,(H2,29,30,35,36)/t11-,12+/m1/s1. The second kappa shape index (κ2) is 7.75. The summed E-state index contributed by atoms with van der Waals surface area (Å²) in [5.74, 6) is -1.18. The molecule has 36 heavy (non-hydrogen) atoms. The zero-order valence-corrected chi connectivity index (χ0v) is 18.7. The second-order valence-electron chi connectivity index (χ2n) is 8.58. The third-order valence-electron chi connectivity index (χ3n) is 6.23. The van der Waals surface area contributed by atoms with Gasteiger partial charge in [-0.2, -0.15) is 22.7 Å². The highest BCUT2D eigenvalue weighted by atomic mass is 35.5. The first-order valence-electron chi connectivity index (χ1n) is 10.7. The fourth-order valence-electron chi connectivity index (χ4n) is 4.55. The second-order valence-corrected chi connectivity index (χ2v) is 8.96. The number of aromatic nitrogens is 7. The quantitative estimate of drug-likeness (QED) is 0.351. The summed E-state index contributed by atoms with van der Waals surface area (Å²) in [4.78, 5) is 32.6. The van der Waals surface area contributed by atoms with Crippen molar-refractivity contribution in [2.24, 2.45) is 0 Å². The van der Waals surface area contributed by atoms with Crippen LogP contribution in [0.4, 0.5) is 17.6 Å². The third-order valence-corrected chi connectivity index (χ3v) is 6.49. The van der Waals surface area contributed by atoms with Crippen LogP contribution in [0.2, 0.25) is 5.15 Å². The van der Waals surface area contributed by atoms with E-state index in [1.165, 1.54) is 29.0 Å². The molecule has 1 aliphatic rings. The van der Waals surface area contributed by atoms with Gasteiger partial charge in [-0.1, -0.05) is 17.7 Å². The smallest absolute Gasteiger partial charge is 0.313 e. The number of fused-ring (bicyclic) bond motifs is 2. The Labute approximate surface area is 202 Å². The molecule has 6 rings (SSSR count). The third kappa shape index (κ3) is 3.75. The Hall–Kier alpha value is -4.00. The molecule has 1 aromatic carbocycles. The van der Waals surface area contributed by atoms with E-state index < -0.39 is 29.9 Å². The molecule has 5 aromatic rings. The summed E-state index contributed by atoms with van der Waals surface area (Å²) in [6.07, 6.45) is -1.26. The number of nitrogens with one attached hydrogen (secondary N) is 2. The van der Waals surface area contributed by atoms with E-state index in [-0.39, 0.29) is 39.1 Å². The first-order chi connectivity index (χ1) is 17.1. The monoisotopic (exact) mass is 519 g/mol. The van der Waals surface area contributed by atoms with E-state index in [0.29, 0.717) is 22.3 Å². The fraction of sp³-hybridized carbons (Fsp3) is 0.227. The van der Waals surface area contributed by atoms with E-state index in [4.69, 9.17) is 11.6 Å². The molecule has 0 spiro atoms. The molecular formula is C22H14ClF4N7O2. The summed E-state index contributed by atoms with van der Waals surface area (Å²) in [5, 5.41) is 8.00. The van der Waals surface area contributed by atoms with Crippen molar-refractivity contribution >= 4 is 28.2 Å². The van der Waals surface area contributed by atoms with Crippen LogP contribution < -0.4 is 11.2 Å². The Bertz CT molecular complexity index is 1790. The molecule has 14 heteroatoms. The van der Waals surface area contributed by atoms with Gasteiger partial charge in [-0.15, -0.1) is 5.10 Å². The van der Waals surface area contributed by atoms with E-state index in [1.807, 2.05) is 0 Å². The summed E-state index contributed by atoms with van der Waals surface area (Å²) in [7, 11) is 0. The highest BCUT2D eigenvalue weighted by molar-refractivity contribution is 6.29. The SMILES string of the molecule is O=c1[nH]cc(-c2cc([C@H]3C[C@@H]3c3ccc4c(F)nn(CC(F)(F)F)c4c3)c3ncc(Cl)n3n2)c(=O)[nH]1. The maximum absolute atomic E-state index is 14.1. The summed E-state index contributed by atoms with van der Waals surface area (Å²) < 4.78 is 55.0. The van der Waals surface area contributed by atoms with Crippen molar-refractivity contribution in [3.63, 3.8) is 0 Å². The van der Waals surface area contributed by atoms with Crippen molar-refractivity contribution in [3.05, 3.63) is 79.7 Å². The van der Waals surface area contributed by atoms with Crippen molar-refractivity contribution in [2.45, 2.75) is 31.0 Å². The largest absolute Gasteiger partial charge is 0.408 e. The number of imidazole rings is 1.